The van der Waals surface area contributed by atoms with Crippen molar-refractivity contribution in [2.45, 2.75) is 13.3 Å². The number of ether oxygens (including phenoxy) is 1. The number of carbonyl (C=O) groups is 2. The van der Waals surface area contributed by atoms with Gasteiger partial charge in [0.1, 0.15) is 11.6 Å². The second kappa shape index (κ2) is 9.53. The molecule has 0 bridgehead atoms. The van der Waals surface area contributed by atoms with Crippen molar-refractivity contribution in [1.29, 1.82) is 0 Å². The van der Waals surface area contributed by atoms with Crippen molar-refractivity contribution in [2.24, 2.45) is 5.10 Å². The van der Waals surface area contributed by atoms with Gasteiger partial charge in [0.05, 0.1) is 12.8 Å². The summed E-state index contributed by atoms with van der Waals surface area (Å²) in [5.74, 6) is -1.78. The van der Waals surface area contributed by atoms with E-state index in [1.54, 1.807) is 18.2 Å². The zero-order valence-corrected chi connectivity index (χ0v) is 14.7. The van der Waals surface area contributed by atoms with Crippen molar-refractivity contribution in [3.63, 3.8) is 0 Å². The van der Waals surface area contributed by atoms with Crippen molar-refractivity contribution in [3.8, 4) is 5.75 Å². The van der Waals surface area contributed by atoms with E-state index in [4.69, 9.17) is 16.3 Å². The summed E-state index contributed by atoms with van der Waals surface area (Å²) < 4.78 is 18.4. The number of nitrogens with zero attached hydrogens (tertiary/aromatic N) is 1. The van der Waals surface area contributed by atoms with Crippen LogP contribution in [0, 0.1) is 5.82 Å². The number of nitrogens with one attached hydrogen (secondary N) is 2. The highest BCUT2D eigenvalue weighted by atomic mass is 35.5. The summed E-state index contributed by atoms with van der Waals surface area (Å²) in [6, 6.07) is 10.0. The van der Waals surface area contributed by atoms with Crippen LogP contribution in [0.2, 0.25) is 5.02 Å². The first-order valence-electron chi connectivity index (χ1n) is 7.82. The molecule has 2 N–H and O–H groups in total. The Hall–Kier alpha value is -2.93. The molecule has 2 aromatic rings. The van der Waals surface area contributed by atoms with E-state index in [2.05, 4.69) is 15.8 Å². The number of hydrazone groups is 1. The molecule has 2 amide bonds. The molecule has 0 aliphatic carbocycles. The topological polar surface area (TPSA) is 79.8 Å². The minimum absolute atomic E-state index is 0.292. The molecule has 0 heterocycles. The minimum Gasteiger partial charge on any atom is -0.493 e. The SMILES string of the molecule is CCCOc1ccc(Cl)cc1/C=N\NC(=O)C(=O)Nc1ccc(F)cc1. The second-order valence-electron chi connectivity index (χ2n) is 5.19. The third-order valence-electron chi connectivity index (χ3n) is 3.11. The number of carbonyl (C=O) groups excluding carboxylic acids is 2. The number of benzene rings is 2. The molecular weight excluding hydrogens is 361 g/mol. The molecule has 2 rings (SSSR count). The second-order valence-corrected chi connectivity index (χ2v) is 5.63. The maximum absolute atomic E-state index is 12.8. The maximum Gasteiger partial charge on any atom is 0.329 e. The highest BCUT2D eigenvalue weighted by molar-refractivity contribution is 6.39. The first-order chi connectivity index (χ1) is 12.5. The summed E-state index contributed by atoms with van der Waals surface area (Å²) in [7, 11) is 0. The summed E-state index contributed by atoms with van der Waals surface area (Å²) in [6.45, 7) is 2.50. The number of rotatable bonds is 6. The summed E-state index contributed by atoms with van der Waals surface area (Å²) in [5.41, 5.74) is 2.96. The van der Waals surface area contributed by atoms with Crippen LogP contribution in [0.5, 0.6) is 5.75 Å². The van der Waals surface area contributed by atoms with Crippen molar-refractivity contribution in [1.82, 2.24) is 5.43 Å². The third kappa shape index (κ3) is 5.86. The summed E-state index contributed by atoms with van der Waals surface area (Å²) in [6.07, 6.45) is 2.17. The number of halogens is 2. The predicted octanol–water partition coefficient (Wildman–Crippen LogP) is 3.36. The molecule has 0 radical (unpaired) electrons. The Labute approximate surface area is 155 Å². The Morgan fingerprint density at radius 2 is 1.92 bits per heavy atom. The van der Waals surface area contributed by atoms with Crippen LogP contribution >= 0.6 is 11.6 Å². The molecule has 26 heavy (non-hydrogen) atoms. The lowest BCUT2D eigenvalue weighted by Gasteiger charge is -2.08. The average molecular weight is 378 g/mol. The number of anilines is 1. The minimum atomic E-state index is -0.969. The van der Waals surface area contributed by atoms with Gasteiger partial charge in [-0.2, -0.15) is 5.10 Å². The molecule has 136 valence electrons. The largest absolute Gasteiger partial charge is 0.493 e. The predicted molar refractivity (Wildman–Crippen MR) is 98.0 cm³/mol. The van der Waals surface area contributed by atoms with Crippen LogP contribution in [-0.4, -0.2) is 24.6 Å². The number of hydrogen-bond donors (Lipinski definition) is 2. The first-order valence-corrected chi connectivity index (χ1v) is 8.19. The van der Waals surface area contributed by atoms with E-state index in [1.165, 1.54) is 30.5 Å². The van der Waals surface area contributed by atoms with E-state index in [9.17, 15) is 14.0 Å². The Morgan fingerprint density at radius 1 is 1.19 bits per heavy atom. The molecule has 0 spiro atoms. The molecule has 0 unspecified atom stereocenters. The maximum atomic E-state index is 12.8. The molecule has 6 nitrogen and oxygen atoms in total. The van der Waals surface area contributed by atoms with Crippen LogP contribution < -0.4 is 15.5 Å². The number of amides is 2. The summed E-state index contributed by atoms with van der Waals surface area (Å²) in [5, 5.41) is 6.55. The molecule has 2 aromatic carbocycles. The van der Waals surface area contributed by atoms with E-state index in [0.717, 1.165) is 6.42 Å². The fraction of sp³-hybridized carbons (Fsp3) is 0.167. The standard InChI is InChI=1S/C18H17ClFN3O3/c1-2-9-26-16-8-3-13(19)10-12(16)11-21-23-18(25)17(24)22-15-6-4-14(20)5-7-15/h3-8,10-11H,2,9H2,1H3,(H,22,24)(H,23,25)/b21-11-. The lowest BCUT2D eigenvalue weighted by Crippen LogP contribution is -2.32. The van der Waals surface area contributed by atoms with Crippen LogP contribution in [0.25, 0.3) is 0 Å². The van der Waals surface area contributed by atoms with Gasteiger partial charge in [-0.15, -0.1) is 0 Å². The van der Waals surface area contributed by atoms with Crippen LogP contribution in [0.15, 0.2) is 47.6 Å². The summed E-state index contributed by atoms with van der Waals surface area (Å²) >= 11 is 5.95. The van der Waals surface area contributed by atoms with E-state index >= 15 is 0 Å². The lowest BCUT2D eigenvalue weighted by molar-refractivity contribution is -0.136. The molecule has 0 aliphatic rings. The van der Waals surface area contributed by atoms with Gasteiger partial charge in [0, 0.05) is 16.3 Å². The molecule has 0 saturated heterocycles. The highest BCUT2D eigenvalue weighted by Crippen LogP contribution is 2.21. The van der Waals surface area contributed by atoms with E-state index in [1.807, 2.05) is 6.92 Å². The van der Waals surface area contributed by atoms with Crippen LogP contribution in [-0.2, 0) is 9.59 Å². The Morgan fingerprint density at radius 3 is 2.62 bits per heavy atom. The first kappa shape index (κ1) is 19.4. The monoisotopic (exact) mass is 377 g/mol. The highest BCUT2D eigenvalue weighted by Gasteiger charge is 2.13. The lowest BCUT2D eigenvalue weighted by atomic mass is 10.2. The van der Waals surface area contributed by atoms with Crippen molar-refractivity contribution in [2.75, 3.05) is 11.9 Å². The zero-order valence-electron chi connectivity index (χ0n) is 14.0. The Kier molecular flexibility index (Phi) is 7.11. The van der Waals surface area contributed by atoms with Gasteiger partial charge in [0.15, 0.2) is 0 Å². The third-order valence-corrected chi connectivity index (χ3v) is 3.35. The van der Waals surface area contributed by atoms with Crippen LogP contribution in [0.4, 0.5) is 10.1 Å². The number of hydrogen-bond acceptors (Lipinski definition) is 4. The smallest absolute Gasteiger partial charge is 0.329 e. The molecule has 0 saturated carbocycles. The normalized spacial score (nSPS) is 10.6. The van der Waals surface area contributed by atoms with E-state index < -0.39 is 17.6 Å². The van der Waals surface area contributed by atoms with Gasteiger partial charge in [0.2, 0.25) is 0 Å². The van der Waals surface area contributed by atoms with E-state index in [-0.39, 0.29) is 0 Å². The van der Waals surface area contributed by atoms with Gasteiger partial charge in [0.25, 0.3) is 0 Å². The van der Waals surface area contributed by atoms with Crippen molar-refractivity contribution in [3.05, 3.63) is 58.9 Å². The Balaban J connectivity index is 1.96. The van der Waals surface area contributed by atoms with Gasteiger partial charge in [-0.1, -0.05) is 18.5 Å². The molecular formula is C18H17ClFN3O3. The quantitative estimate of drug-likeness (QED) is 0.460. The molecule has 0 atom stereocenters. The van der Waals surface area contributed by atoms with E-state index in [0.29, 0.717) is 28.6 Å². The average Bonchev–Trinajstić information content (AvgIpc) is 2.62. The molecule has 0 aromatic heterocycles. The van der Waals surface area contributed by atoms with Gasteiger partial charge < -0.3 is 10.1 Å². The summed E-state index contributed by atoms with van der Waals surface area (Å²) in [4.78, 5) is 23.5. The fourth-order valence-electron chi connectivity index (χ4n) is 1.90. The van der Waals surface area contributed by atoms with Crippen molar-refractivity contribution < 1.29 is 18.7 Å². The zero-order chi connectivity index (χ0) is 18.9. The molecule has 0 fully saturated rings. The van der Waals surface area contributed by atoms with Gasteiger partial charge in [-0.25, -0.2) is 9.82 Å². The van der Waals surface area contributed by atoms with Gasteiger partial charge >= 0.3 is 11.8 Å². The van der Waals surface area contributed by atoms with Gasteiger partial charge in [-0.3, -0.25) is 9.59 Å². The fourth-order valence-corrected chi connectivity index (χ4v) is 2.08. The van der Waals surface area contributed by atoms with Crippen LogP contribution in [0.1, 0.15) is 18.9 Å². The van der Waals surface area contributed by atoms with Gasteiger partial charge in [-0.05, 0) is 48.9 Å². The molecule has 0 aliphatic heterocycles. The van der Waals surface area contributed by atoms with Crippen molar-refractivity contribution >= 4 is 35.3 Å². The molecule has 8 heteroatoms. The van der Waals surface area contributed by atoms with Crippen LogP contribution in [0.3, 0.4) is 0 Å². The Bertz CT molecular complexity index is 810.